The van der Waals surface area contributed by atoms with E-state index in [1.807, 2.05) is 0 Å². The van der Waals surface area contributed by atoms with Crippen LogP contribution in [0, 0.1) is 0 Å². The Morgan fingerprint density at radius 2 is 2.33 bits per heavy atom. The molecule has 88 valence electrons. The van der Waals surface area contributed by atoms with Crippen molar-refractivity contribution in [1.29, 1.82) is 0 Å². The molecule has 0 aromatic carbocycles. The van der Waals surface area contributed by atoms with Crippen molar-refractivity contribution in [2.24, 2.45) is 10.8 Å². The molecule has 0 heterocycles. The van der Waals surface area contributed by atoms with Gasteiger partial charge in [-0.1, -0.05) is 13.3 Å². The third-order valence-corrected chi connectivity index (χ3v) is 2.34. The smallest absolute Gasteiger partial charge is 0.206 e. The van der Waals surface area contributed by atoms with Crippen LogP contribution < -0.4 is 16.6 Å². The minimum atomic E-state index is 0.286. The number of nitrogens with one attached hydrogen (secondary N) is 2. The molecule has 1 fully saturated rings. The normalized spacial score (nSPS) is 18.7. The van der Waals surface area contributed by atoms with E-state index >= 15 is 0 Å². The molecule has 15 heavy (non-hydrogen) atoms. The lowest BCUT2D eigenvalue weighted by molar-refractivity contribution is 0.169. The summed E-state index contributed by atoms with van der Waals surface area (Å²) in [6, 6.07) is 0.752. The molecule has 0 spiro atoms. The second-order valence-electron chi connectivity index (χ2n) is 3.94. The molecule has 5 heteroatoms. The van der Waals surface area contributed by atoms with Crippen LogP contribution in [0.15, 0.2) is 4.99 Å². The Kier molecular flexibility index (Phi) is 5.42. The lowest BCUT2D eigenvalue weighted by Gasteiger charge is -2.19. The summed E-state index contributed by atoms with van der Waals surface area (Å²) in [6.45, 7) is 2.83. The molecule has 0 aliphatic heterocycles. The number of hydrogen-bond donors (Lipinski definition) is 3. The molecule has 0 bridgehead atoms. The minimum absolute atomic E-state index is 0.286. The summed E-state index contributed by atoms with van der Waals surface area (Å²) in [7, 11) is 1.71. The van der Waals surface area contributed by atoms with Gasteiger partial charge in [-0.3, -0.25) is 5.43 Å². The standard InChI is InChI=1S/C10H22N4O/c1-3-4-9(7-15-2)13-10(14-11)12-8-5-6-8/h8-9H,3-7,11H2,1-2H3,(H2,12,13,14). The highest BCUT2D eigenvalue weighted by atomic mass is 16.5. The highest BCUT2D eigenvalue weighted by Gasteiger charge is 2.21. The van der Waals surface area contributed by atoms with E-state index in [1.54, 1.807) is 7.11 Å². The Hall–Kier alpha value is -0.810. The van der Waals surface area contributed by atoms with E-state index in [2.05, 4.69) is 22.7 Å². The minimum Gasteiger partial charge on any atom is -0.383 e. The third kappa shape index (κ3) is 4.99. The highest BCUT2D eigenvalue weighted by Crippen LogP contribution is 2.23. The lowest BCUT2D eigenvalue weighted by Crippen LogP contribution is -2.48. The van der Waals surface area contributed by atoms with Crippen LogP contribution >= 0.6 is 0 Å². The number of guanidine groups is 1. The number of nitrogens with two attached hydrogens (primary N) is 1. The van der Waals surface area contributed by atoms with Crippen molar-refractivity contribution in [2.75, 3.05) is 13.7 Å². The summed E-state index contributed by atoms with van der Waals surface area (Å²) < 4.78 is 5.14. The average Bonchev–Trinajstić information content (AvgIpc) is 3.01. The SMILES string of the molecule is CCCC(COC)NC(=NC1CC1)NN. The van der Waals surface area contributed by atoms with Gasteiger partial charge in [0, 0.05) is 7.11 Å². The maximum atomic E-state index is 5.41. The fourth-order valence-electron chi connectivity index (χ4n) is 1.44. The quantitative estimate of drug-likeness (QED) is 0.258. The molecule has 5 nitrogen and oxygen atoms in total. The summed E-state index contributed by atoms with van der Waals surface area (Å²) in [4.78, 5) is 4.42. The second-order valence-corrected chi connectivity index (χ2v) is 3.94. The van der Waals surface area contributed by atoms with Crippen LogP contribution in [-0.4, -0.2) is 31.8 Å². The van der Waals surface area contributed by atoms with Crippen molar-refractivity contribution in [1.82, 2.24) is 10.7 Å². The maximum Gasteiger partial charge on any atom is 0.206 e. The summed E-state index contributed by atoms with van der Waals surface area (Å²) in [5.41, 5.74) is 2.60. The van der Waals surface area contributed by atoms with Gasteiger partial charge in [0.25, 0.3) is 0 Å². The molecule has 1 atom stereocenters. The Morgan fingerprint density at radius 1 is 1.60 bits per heavy atom. The first kappa shape index (κ1) is 12.3. The third-order valence-electron chi connectivity index (χ3n) is 2.34. The molecule has 0 saturated heterocycles. The number of methoxy groups -OCH3 is 1. The van der Waals surface area contributed by atoms with Crippen LogP contribution in [-0.2, 0) is 4.74 Å². The monoisotopic (exact) mass is 214 g/mol. The Labute approximate surface area is 91.4 Å². The van der Waals surface area contributed by atoms with E-state index in [4.69, 9.17) is 10.6 Å². The van der Waals surface area contributed by atoms with Crippen molar-refractivity contribution >= 4 is 5.96 Å². The molecule has 1 unspecified atom stereocenters. The van der Waals surface area contributed by atoms with Crippen LogP contribution in [0.2, 0.25) is 0 Å². The Morgan fingerprint density at radius 3 is 2.80 bits per heavy atom. The predicted octanol–water partition coefficient (Wildman–Crippen LogP) is 0.373. The van der Waals surface area contributed by atoms with Gasteiger partial charge in [0.2, 0.25) is 5.96 Å². The molecule has 0 radical (unpaired) electrons. The lowest BCUT2D eigenvalue weighted by atomic mass is 10.2. The Bertz CT molecular complexity index is 198. The fraction of sp³-hybridized carbons (Fsp3) is 0.900. The van der Waals surface area contributed by atoms with Gasteiger partial charge < -0.3 is 10.1 Å². The van der Waals surface area contributed by atoms with Crippen molar-refractivity contribution in [3.63, 3.8) is 0 Å². The first-order chi connectivity index (χ1) is 7.30. The van der Waals surface area contributed by atoms with Crippen molar-refractivity contribution in [3.8, 4) is 0 Å². The number of hydrogen-bond acceptors (Lipinski definition) is 3. The van der Waals surface area contributed by atoms with E-state index in [0.717, 1.165) is 12.8 Å². The first-order valence-electron chi connectivity index (χ1n) is 5.60. The van der Waals surface area contributed by atoms with Gasteiger partial charge in [-0.15, -0.1) is 0 Å². The number of hydrazine groups is 1. The summed E-state index contributed by atoms with van der Waals surface area (Å²) >= 11 is 0. The van der Waals surface area contributed by atoms with Crippen molar-refractivity contribution < 1.29 is 4.74 Å². The summed E-state index contributed by atoms with van der Waals surface area (Å²) in [5, 5.41) is 3.27. The van der Waals surface area contributed by atoms with Gasteiger partial charge in [0.1, 0.15) is 0 Å². The van der Waals surface area contributed by atoms with Crippen LogP contribution in [0.4, 0.5) is 0 Å². The number of aliphatic imine (C=N–C) groups is 1. The second kappa shape index (κ2) is 6.63. The van der Waals surface area contributed by atoms with Crippen LogP contribution in [0.1, 0.15) is 32.6 Å². The van der Waals surface area contributed by atoms with E-state index in [9.17, 15) is 0 Å². The van der Waals surface area contributed by atoms with Gasteiger partial charge >= 0.3 is 0 Å². The Balaban J connectivity index is 2.38. The zero-order valence-corrected chi connectivity index (χ0v) is 9.62. The zero-order chi connectivity index (χ0) is 11.1. The first-order valence-corrected chi connectivity index (χ1v) is 5.60. The maximum absolute atomic E-state index is 5.41. The molecule has 1 saturated carbocycles. The zero-order valence-electron chi connectivity index (χ0n) is 9.62. The topological polar surface area (TPSA) is 71.7 Å². The molecule has 1 aliphatic carbocycles. The molecular weight excluding hydrogens is 192 g/mol. The number of rotatable bonds is 6. The molecule has 4 N–H and O–H groups in total. The predicted molar refractivity (Wildman–Crippen MR) is 61.5 cm³/mol. The van der Waals surface area contributed by atoms with Crippen LogP contribution in [0.25, 0.3) is 0 Å². The molecular formula is C10H22N4O. The molecule has 1 rings (SSSR count). The molecule has 0 aromatic heterocycles. The van der Waals surface area contributed by atoms with Gasteiger partial charge in [0.15, 0.2) is 0 Å². The van der Waals surface area contributed by atoms with Crippen LogP contribution in [0.5, 0.6) is 0 Å². The van der Waals surface area contributed by atoms with E-state index in [-0.39, 0.29) is 6.04 Å². The highest BCUT2D eigenvalue weighted by molar-refractivity contribution is 5.79. The molecule has 0 aromatic rings. The fourth-order valence-corrected chi connectivity index (χ4v) is 1.44. The van der Waals surface area contributed by atoms with Crippen molar-refractivity contribution in [2.45, 2.75) is 44.7 Å². The average molecular weight is 214 g/mol. The van der Waals surface area contributed by atoms with Gasteiger partial charge in [-0.05, 0) is 19.3 Å². The van der Waals surface area contributed by atoms with Gasteiger partial charge in [-0.25, -0.2) is 10.8 Å². The van der Waals surface area contributed by atoms with Crippen LogP contribution in [0.3, 0.4) is 0 Å². The largest absolute Gasteiger partial charge is 0.383 e. The molecule has 0 amide bonds. The van der Waals surface area contributed by atoms with E-state index in [1.165, 1.54) is 12.8 Å². The number of nitrogens with zero attached hydrogens (tertiary/aromatic N) is 1. The van der Waals surface area contributed by atoms with Gasteiger partial charge in [-0.2, -0.15) is 0 Å². The number of ether oxygens (including phenoxy) is 1. The summed E-state index contributed by atoms with van der Waals surface area (Å²) in [6.07, 6.45) is 4.52. The van der Waals surface area contributed by atoms with Crippen molar-refractivity contribution in [3.05, 3.63) is 0 Å². The summed E-state index contributed by atoms with van der Waals surface area (Å²) in [5.74, 6) is 6.09. The van der Waals surface area contributed by atoms with Gasteiger partial charge in [0.05, 0.1) is 18.7 Å². The van der Waals surface area contributed by atoms with E-state index in [0.29, 0.717) is 18.6 Å². The van der Waals surface area contributed by atoms with E-state index < -0.39 is 0 Å². The molecule has 1 aliphatic rings.